The number of carbonyl (C=O) groups excluding carboxylic acids is 3. The third kappa shape index (κ3) is 8.86. The summed E-state index contributed by atoms with van der Waals surface area (Å²) in [5.41, 5.74) is 1.66. The first kappa shape index (κ1) is 29.2. The first-order chi connectivity index (χ1) is 18.4. The van der Waals surface area contributed by atoms with Gasteiger partial charge in [0.05, 0.1) is 5.94 Å². The van der Waals surface area contributed by atoms with E-state index in [1.54, 1.807) is 7.11 Å². The van der Waals surface area contributed by atoms with Crippen molar-refractivity contribution in [2.75, 3.05) is 20.3 Å². The second kappa shape index (κ2) is 15.1. The quantitative estimate of drug-likeness (QED) is 0.229. The highest BCUT2D eigenvalue weighted by Crippen LogP contribution is 2.20. The number of hydrogen-bond acceptors (Lipinski definition) is 7. The Morgan fingerprint density at radius 1 is 1.03 bits per heavy atom. The van der Waals surface area contributed by atoms with Crippen molar-refractivity contribution in [2.24, 2.45) is 0 Å². The third-order valence-corrected chi connectivity index (χ3v) is 6.48. The molecule has 2 aromatic carbocycles. The lowest BCUT2D eigenvalue weighted by Crippen LogP contribution is -2.56. The van der Waals surface area contributed by atoms with Crippen LogP contribution in [0.4, 0.5) is 4.79 Å². The summed E-state index contributed by atoms with van der Waals surface area (Å²) in [6.07, 6.45) is 1.37. The van der Waals surface area contributed by atoms with Gasteiger partial charge in [-0.05, 0) is 36.8 Å². The summed E-state index contributed by atoms with van der Waals surface area (Å²) in [5, 5.41) is 24.8. The van der Waals surface area contributed by atoms with Gasteiger partial charge in [0.15, 0.2) is 0 Å². The minimum absolute atomic E-state index is 0.0572. The van der Waals surface area contributed by atoms with Crippen LogP contribution in [0.2, 0.25) is 0 Å². The summed E-state index contributed by atoms with van der Waals surface area (Å²) >= 11 is 0. The molecule has 11 heteroatoms. The minimum Gasteiger partial charge on any atom is -0.445 e. The molecule has 1 unspecified atom stereocenters. The van der Waals surface area contributed by atoms with Crippen LogP contribution in [0.5, 0.6) is 0 Å². The average molecular weight is 525 g/mol. The van der Waals surface area contributed by atoms with Crippen molar-refractivity contribution in [2.45, 2.75) is 56.7 Å². The van der Waals surface area contributed by atoms with Crippen LogP contribution in [0, 0.1) is 0 Å². The number of alkyl carbamates (subject to hydrolysis) is 1. The van der Waals surface area contributed by atoms with E-state index in [9.17, 15) is 24.4 Å². The van der Waals surface area contributed by atoms with Gasteiger partial charge in [0.25, 0.3) is 0 Å². The maximum absolute atomic E-state index is 13.7. The van der Waals surface area contributed by atoms with E-state index in [4.69, 9.17) is 9.47 Å². The van der Waals surface area contributed by atoms with Crippen LogP contribution >= 0.6 is 0 Å². The lowest BCUT2D eigenvalue weighted by atomic mass is 9.76. The lowest BCUT2D eigenvalue weighted by molar-refractivity contribution is -0.140. The Kier molecular flexibility index (Phi) is 11.6. The molecule has 0 spiro atoms. The van der Waals surface area contributed by atoms with Crippen molar-refractivity contribution >= 4 is 25.0 Å². The number of benzene rings is 2. The van der Waals surface area contributed by atoms with Crippen molar-refractivity contribution in [3.05, 3.63) is 71.8 Å². The Balaban J connectivity index is 1.69. The molecule has 3 rings (SSSR count). The molecule has 0 aromatic heterocycles. The van der Waals surface area contributed by atoms with Crippen molar-refractivity contribution in [3.8, 4) is 0 Å². The SMILES string of the molecule is COCCC[C@@H](NC(=O)C1CCCN1C(=O)[C@H](Cc1ccccc1)NC(=O)OCc1ccccc1)B(O)O. The number of nitrogens with zero attached hydrogens (tertiary/aromatic N) is 1. The van der Waals surface area contributed by atoms with Crippen molar-refractivity contribution < 1.29 is 33.9 Å². The smallest absolute Gasteiger partial charge is 0.445 e. The fraction of sp³-hybridized carbons (Fsp3) is 0.444. The van der Waals surface area contributed by atoms with E-state index in [0.29, 0.717) is 38.8 Å². The number of hydrogen-bond donors (Lipinski definition) is 4. The molecule has 204 valence electrons. The standard InChI is InChI=1S/C27H36BN3O7/c1-37-17-9-15-24(28(35)36)30-25(32)23-14-8-16-31(23)26(33)22(18-20-10-4-2-5-11-20)29-27(34)38-19-21-12-6-3-7-13-21/h2-7,10-13,22-24,35-36H,8-9,14-19H2,1H3,(H,29,34)(H,30,32)/t22-,23?,24+/m0/s1. The molecular weight excluding hydrogens is 489 g/mol. The van der Waals surface area contributed by atoms with Gasteiger partial charge in [-0.25, -0.2) is 4.79 Å². The summed E-state index contributed by atoms with van der Waals surface area (Å²) in [6, 6.07) is 16.8. The average Bonchev–Trinajstić information content (AvgIpc) is 3.42. The van der Waals surface area contributed by atoms with Crippen LogP contribution in [0.1, 0.15) is 36.8 Å². The van der Waals surface area contributed by atoms with Crippen LogP contribution in [-0.4, -0.2) is 78.3 Å². The summed E-state index contributed by atoms with van der Waals surface area (Å²) in [4.78, 5) is 40.9. The molecule has 0 bridgehead atoms. The number of nitrogens with one attached hydrogen (secondary N) is 2. The summed E-state index contributed by atoms with van der Waals surface area (Å²) in [7, 11) is -0.198. The van der Waals surface area contributed by atoms with Gasteiger partial charge in [-0.15, -0.1) is 0 Å². The lowest BCUT2D eigenvalue weighted by Gasteiger charge is -2.30. The zero-order valence-electron chi connectivity index (χ0n) is 21.6. The molecule has 38 heavy (non-hydrogen) atoms. The molecule has 0 radical (unpaired) electrons. The largest absolute Gasteiger partial charge is 0.475 e. The van der Waals surface area contributed by atoms with Gasteiger partial charge in [-0.3, -0.25) is 9.59 Å². The zero-order chi connectivity index (χ0) is 27.3. The minimum atomic E-state index is -1.74. The van der Waals surface area contributed by atoms with E-state index in [1.165, 1.54) is 4.90 Å². The Morgan fingerprint density at radius 2 is 1.68 bits per heavy atom. The second-order valence-corrected chi connectivity index (χ2v) is 9.30. The van der Waals surface area contributed by atoms with E-state index in [0.717, 1.165) is 11.1 Å². The van der Waals surface area contributed by atoms with Crippen LogP contribution in [-0.2, 0) is 32.1 Å². The molecule has 1 aliphatic rings. The van der Waals surface area contributed by atoms with Gasteiger partial charge in [-0.1, -0.05) is 60.7 Å². The van der Waals surface area contributed by atoms with Crippen molar-refractivity contribution in [1.82, 2.24) is 15.5 Å². The van der Waals surface area contributed by atoms with Crippen LogP contribution in [0.3, 0.4) is 0 Å². The number of amides is 3. The number of methoxy groups -OCH3 is 1. The molecule has 1 heterocycles. The fourth-order valence-corrected chi connectivity index (χ4v) is 4.48. The van der Waals surface area contributed by atoms with Crippen LogP contribution in [0.15, 0.2) is 60.7 Å². The van der Waals surface area contributed by atoms with E-state index in [2.05, 4.69) is 10.6 Å². The van der Waals surface area contributed by atoms with Gasteiger partial charge in [0.1, 0.15) is 18.7 Å². The highest BCUT2D eigenvalue weighted by molar-refractivity contribution is 6.43. The van der Waals surface area contributed by atoms with E-state index >= 15 is 0 Å². The molecule has 2 aromatic rings. The summed E-state index contributed by atoms with van der Waals surface area (Å²) < 4.78 is 10.3. The summed E-state index contributed by atoms with van der Waals surface area (Å²) in [6.45, 7) is 0.820. The van der Waals surface area contributed by atoms with Crippen molar-refractivity contribution in [1.29, 1.82) is 0 Å². The van der Waals surface area contributed by atoms with Gasteiger partial charge < -0.3 is 35.1 Å². The molecule has 0 saturated carbocycles. The summed E-state index contributed by atoms with van der Waals surface area (Å²) in [5.74, 6) is -1.75. The fourth-order valence-electron chi connectivity index (χ4n) is 4.48. The highest BCUT2D eigenvalue weighted by Gasteiger charge is 2.39. The number of rotatable bonds is 13. The molecule has 1 fully saturated rings. The van der Waals surface area contributed by atoms with Crippen LogP contribution in [0.25, 0.3) is 0 Å². The number of likely N-dealkylation sites (tertiary alicyclic amines) is 1. The second-order valence-electron chi connectivity index (χ2n) is 9.30. The van der Waals surface area contributed by atoms with E-state index in [-0.39, 0.29) is 13.0 Å². The first-order valence-electron chi connectivity index (χ1n) is 12.9. The normalized spacial score (nSPS) is 16.4. The number of ether oxygens (including phenoxy) is 2. The molecule has 3 amide bonds. The maximum Gasteiger partial charge on any atom is 0.475 e. The molecular formula is C27H36BN3O7. The highest BCUT2D eigenvalue weighted by atomic mass is 16.5. The zero-order valence-corrected chi connectivity index (χ0v) is 21.6. The Labute approximate surface area is 223 Å². The molecule has 1 saturated heterocycles. The molecule has 3 atom stereocenters. The molecule has 0 aliphatic carbocycles. The predicted octanol–water partition coefficient (Wildman–Crippen LogP) is 1.44. The third-order valence-electron chi connectivity index (χ3n) is 6.48. The van der Waals surface area contributed by atoms with E-state index in [1.807, 2.05) is 60.7 Å². The van der Waals surface area contributed by atoms with Crippen molar-refractivity contribution in [3.63, 3.8) is 0 Å². The van der Waals surface area contributed by atoms with Gasteiger partial charge >= 0.3 is 13.2 Å². The Hall–Kier alpha value is -3.41. The Morgan fingerprint density at radius 3 is 2.32 bits per heavy atom. The molecule has 1 aliphatic heterocycles. The monoisotopic (exact) mass is 525 g/mol. The van der Waals surface area contributed by atoms with Gasteiger partial charge in [0.2, 0.25) is 11.8 Å². The van der Waals surface area contributed by atoms with E-state index < -0.39 is 43.1 Å². The molecule has 10 nitrogen and oxygen atoms in total. The van der Waals surface area contributed by atoms with Gasteiger partial charge in [0, 0.05) is 26.7 Å². The predicted molar refractivity (Wildman–Crippen MR) is 142 cm³/mol. The molecule has 4 N–H and O–H groups in total. The Bertz CT molecular complexity index is 1030. The van der Waals surface area contributed by atoms with Crippen LogP contribution < -0.4 is 10.6 Å². The first-order valence-corrected chi connectivity index (χ1v) is 12.9. The number of carbonyl (C=O) groups is 3. The maximum atomic E-state index is 13.7. The topological polar surface area (TPSA) is 137 Å². The van der Waals surface area contributed by atoms with Gasteiger partial charge in [-0.2, -0.15) is 0 Å².